The van der Waals surface area contributed by atoms with Gasteiger partial charge in [-0.05, 0) is 13.1 Å². The van der Waals surface area contributed by atoms with Crippen LogP contribution < -0.4 is 15.7 Å². The molecule has 1 aliphatic rings. The number of piperazine rings is 1. The van der Waals surface area contributed by atoms with Crippen LogP contribution >= 0.6 is 23.7 Å². The van der Waals surface area contributed by atoms with E-state index in [1.54, 1.807) is 16.8 Å². The van der Waals surface area contributed by atoms with Crippen LogP contribution in [0.25, 0.3) is 26.6 Å². The first-order chi connectivity index (χ1) is 13.4. The van der Waals surface area contributed by atoms with E-state index in [9.17, 15) is 14.7 Å². The third-order valence-electron chi connectivity index (χ3n) is 5.60. The van der Waals surface area contributed by atoms with Crippen LogP contribution in [-0.2, 0) is 0 Å². The molecule has 0 radical (unpaired) electrons. The maximum atomic E-state index is 15.3. The van der Waals surface area contributed by atoms with Crippen LogP contribution in [0.15, 0.2) is 21.2 Å². The van der Waals surface area contributed by atoms with E-state index in [-0.39, 0.29) is 23.4 Å². The molecule has 0 bridgehead atoms. The van der Waals surface area contributed by atoms with Crippen molar-refractivity contribution in [1.82, 2.24) is 9.30 Å². The Bertz CT molecular complexity index is 1370. The Morgan fingerprint density at radius 1 is 1.28 bits per heavy atom. The lowest BCUT2D eigenvalue weighted by Crippen LogP contribution is -2.45. The number of aromatic nitrogens is 1. The summed E-state index contributed by atoms with van der Waals surface area (Å²) in [4.78, 5) is 33.6. The topological polar surface area (TPSA) is 77.6 Å². The first-order valence-electron chi connectivity index (χ1n) is 8.90. The van der Waals surface area contributed by atoms with E-state index < -0.39 is 17.2 Å². The van der Waals surface area contributed by atoms with Gasteiger partial charge in [0.1, 0.15) is 16.2 Å². The van der Waals surface area contributed by atoms with Gasteiger partial charge >= 0.3 is 5.97 Å². The largest absolute Gasteiger partial charge is 0.477 e. The molecule has 1 aromatic carbocycles. The number of thiazole rings is 1. The molecule has 1 aliphatic heterocycles. The average Bonchev–Trinajstić information content (AvgIpc) is 3.21. The number of benzene rings is 1. The number of halogens is 2. The molecule has 1 saturated heterocycles. The Morgan fingerprint density at radius 2 is 1.97 bits per heavy atom. The number of carbonyl (C=O) groups is 1. The minimum Gasteiger partial charge on any atom is -0.477 e. The van der Waals surface area contributed by atoms with Crippen molar-refractivity contribution in [3.05, 3.63) is 38.4 Å². The van der Waals surface area contributed by atoms with Gasteiger partial charge in [-0.3, -0.25) is 14.2 Å². The molecule has 0 unspecified atom stereocenters. The molecular formula is C19H18ClFN4O3S. The first-order valence-corrected chi connectivity index (χ1v) is 9.78. The van der Waals surface area contributed by atoms with Crippen LogP contribution in [0.3, 0.4) is 0 Å². The fraction of sp³-hybridized carbons (Fsp3) is 0.316. The monoisotopic (exact) mass is 436 g/mol. The SMILES string of the molecule is CN=c1c2c(N3CCN(C)CC3)c(F)cc3c(=O)c(C(=O)O)c4scc1n4c32.Cl. The minimum absolute atomic E-state index is 0. The molecule has 0 spiro atoms. The molecule has 7 nitrogen and oxygen atoms in total. The fourth-order valence-electron chi connectivity index (χ4n) is 4.25. The van der Waals surface area contributed by atoms with E-state index in [0.717, 1.165) is 13.1 Å². The van der Waals surface area contributed by atoms with E-state index in [1.165, 1.54) is 17.4 Å². The lowest BCUT2D eigenvalue weighted by atomic mass is 10.1. The first kappa shape index (κ1) is 19.8. The van der Waals surface area contributed by atoms with Crippen molar-refractivity contribution in [2.45, 2.75) is 0 Å². The molecule has 1 fully saturated rings. The van der Waals surface area contributed by atoms with Gasteiger partial charge in [-0.2, -0.15) is 0 Å². The summed E-state index contributed by atoms with van der Waals surface area (Å²) < 4.78 is 17.1. The number of nitrogens with zero attached hydrogens (tertiary/aromatic N) is 4. The number of carboxylic acids is 1. The van der Waals surface area contributed by atoms with Crippen molar-refractivity contribution >= 4 is 62.0 Å². The zero-order valence-electron chi connectivity index (χ0n) is 15.7. The molecule has 0 atom stereocenters. The van der Waals surface area contributed by atoms with E-state index in [4.69, 9.17) is 0 Å². The Kier molecular flexibility index (Phi) is 4.64. The second kappa shape index (κ2) is 6.79. The molecule has 4 aromatic rings. The van der Waals surface area contributed by atoms with Gasteiger partial charge in [-0.1, -0.05) is 0 Å². The number of hydrogen-bond donors (Lipinski definition) is 1. The van der Waals surface area contributed by atoms with Crippen molar-refractivity contribution < 1.29 is 14.3 Å². The smallest absolute Gasteiger partial charge is 0.342 e. The molecule has 0 amide bonds. The van der Waals surface area contributed by atoms with Crippen LogP contribution in [0, 0.1) is 5.82 Å². The van der Waals surface area contributed by atoms with Gasteiger partial charge in [0.2, 0.25) is 5.43 Å². The van der Waals surface area contributed by atoms with Gasteiger partial charge in [0.15, 0.2) is 0 Å². The van der Waals surface area contributed by atoms with E-state index in [0.29, 0.717) is 45.4 Å². The number of carboxylic acid groups (broad SMARTS) is 1. The molecule has 29 heavy (non-hydrogen) atoms. The fourth-order valence-corrected chi connectivity index (χ4v) is 5.29. The number of likely N-dealkylation sites (N-methyl/N-ethyl adjacent to an activating group) is 1. The normalized spacial score (nSPS) is 16.4. The van der Waals surface area contributed by atoms with Gasteiger partial charge < -0.3 is 14.9 Å². The van der Waals surface area contributed by atoms with E-state index in [2.05, 4.69) is 9.89 Å². The molecule has 152 valence electrons. The number of hydrogen-bond acceptors (Lipinski definition) is 6. The third kappa shape index (κ3) is 2.54. The van der Waals surface area contributed by atoms with Crippen molar-refractivity contribution in [3.63, 3.8) is 0 Å². The maximum Gasteiger partial charge on any atom is 0.342 e. The van der Waals surface area contributed by atoms with Crippen LogP contribution in [0.1, 0.15) is 10.4 Å². The minimum atomic E-state index is -1.31. The second-order valence-electron chi connectivity index (χ2n) is 7.11. The van der Waals surface area contributed by atoms with Crippen molar-refractivity contribution in [2.75, 3.05) is 45.2 Å². The molecule has 4 heterocycles. The molecule has 0 aliphatic carbocycles. The van der Waals surface area contributed by atoms with Gasteiger partial charge in [0, 0.05) is 38.6 Å². The average molecular weight is 437 g/mol. The van der Waals surface area contributed by atoms with Crippen LogP contribution in [0.2, 0.25) is 0 Å². The highest BCUT2D eigenvalue weighted by Gasteiger charge is 2.29. The standard InChI is InChI=1S/C19H17FN4O3S.ClH/c1-21-14-11-8-28-18-13(19(26)27)17(25)9-7-10(20)16(12(14)15(9)24(11)18)23-5-3-22(2)4-6-23;/h7-8H,3-6H2,1-2H3,(H,26,27);1H. The summed E-state index contributed by atoms with van der Waals surface area (Å²) in [7, 11) is 3.66. The Morgan fingerprint density at radius 3 is 2.59 bits per heavy atom. The summed E-state index contributed by atoms with van der Waals surface area (Å²) in [5.74, 6) is -1.82. The lowest BCUT2D eigenvalue weighted by Gasteiger charge is -2.34. The van der Waals surface area contributed by atoms with Gasteiger partial charge in [0.05, 0.1) is 32.9 Å². The van der Waals surface area contributed by atoms with E-state index in [1.807, 2.05) is 11.9 Å². The predicted molar refractivity (Wildman–Crippen MR) is 114 cm³/mol. The quantitative estimate of drug-likeness (QED) is 0.520. The van der Waals surface area contributed by atoms with Crippen LogP contribution in [0.5, 0.6) is 0 Å². The highest BCUT2D eigenvalue weighted by atomic mass is 35.5. The van der Waals surface area contributed by atoms with Gasteiger partial charge in [0.25, 0.3) is 0 Å². The Hall–Kier alpha value is -2.49. The zero-order valence-corrected chi connectivity index (χ0v) is 17.4. The number of aromatic carboxylic acids is 1. The molecule has 5 rings (SSSR count). The molecule has 3 aromatic heterocycles. The van der Waals surface area contributed by atoms with Crippen molar-refractivity contribution in [1.29, 1.82) is 0 Å². The number of anilines is 1. The van der Waals surface area contributed by atoms with Crippen LogP contribution in [-0.4, -0.2) is 60.7 Å². The number of pyridine rings is 1. The lowest BCUT2D eigenvalue weighted by molar-refractivity contribution is 0.0697. The summed E-state index contributed by atoms with van der Waals surface area (Å²) in [5, 5.41) is 12.6. The highest BCUT2D eigenvalue weighted by Crippen LogP contribution is 2.36. The van der Waals surface area contributed by atoms with Crippen molar-refractivity contribution in [2.24, 2.45) is 4.99 Å². The summed E-state index contributed by atoms with van der Waals surface area (Å²) in [6.45, 7) is 2.95. The zero-order chi connectivity index (χ0) is 19.7. The van der Waals surface area contributed by atoms with Crippen molar-refractivity contribution in [3.8, 4) is 0 Å². The van der Waals surface area contributed by atoms with E-state index >= 15 is 4.39 Å². The predicted octanol–water partition coefficient (Wildman–Crippen LogP) is 2.08. The summed E-state index contributed by atoms with van der Waals surface area (Å²) in [6, 6.07) is 1.19. The van der Waals surface area contributed by atoms with Gasteiger partial charge in [-0.15, -0.1) is 23.7 Å². The maximum absolute atomic E-state index is 15.3. The molecular weight excluding hydrogens is 419 g/mol. The second-order valence-corrected chi connectivity index (χ2v) is 7.97. The molecule has 1 N–H and O–H groups in total. The molecule has 0 saturated carbocycles. The van der Waals surface area contributed by atoms with Crippen LogP contribution in [0.4, 0.5) is 10.1 Å². The Balaban J connectivity index is 0.00000205. The highest BCUT2D eigenvalue weighted by molar-refractivity contribution is 7.16. The van der Waals surface area contributed by atoms with Gasteiger partial charge in [-0.25, -0.2) is 9.18 Å². The number of rotatable bonds is 2. The summed E-state index contributed by atoms with van der Waals surface area (Å²) in [5.41, 5.74) is 0.721. The molecule has 10 heteroatoms. The third-order valence-corrected chi connectivity index (χ3v) is 6.55. The Labute approximate surface area is 174 Å². The summed E-state index contributed by atoms with van der Waals surface area (Å²) in [6.07, 6.45) is 0. The summed E-state index contributed by atoms with van der Waals surface area (Å²) >= 11 is 1.19.